The van der Waals surface area contributed by atoms with Crippen LogP contribution in [0.5, 0.6) is 0 Å². The summed E-state index contributed by atoms with van der Waals surface area (Å²) in [4.78, 5) is 54.3. The second kappa shape index (κ2) is 8.35. The van der Waals surface area contributed by atoms with E-state index < -0.39 is 0 Å². The first-order valence-corrected chi connectivity index (χ1v) is 10.2. The molecule has 7 heteroatoms. The third-order valence-electron chi connectivity index (χ3n) is 5.32. The molecule has 7 nitrogen and oxygen atoms in total. The van der Waals surface area contributed by atoms with Gasteiger partial charge in [-0.25, -0.2) is 0 Å². The highest BCUT2D eigenvalue weighted by molar-refractivity contribution is 6.21. The lowest BCUT2D eigenvalue weighted by Gasteiger charge is -2.36. The molecule has 0 N–H and O–H groups in total. The maximum absolute atomic E-state index is 12.5. The molecule has 29 heavy (non-hydrogen) atoms. The van der Waals surface area contributed by atoms with Crippen LogP contribution in [0.4, 0.5) is 0 Å². The highest BCUT2D eigenvalue weighted by Gasteiger charge is 2.34. The van der Waals surface area contributed by atoms with Crippen LogP contribution in [0, 0.1) is 5.41 Å². The first-order valence-electron chi connectivity index (χ1n) is 10.2. The molecule has 0 aliphatic carbocycles. The van der Waals surface area contributed by atoms with Crippen LogP contribution in [-0.2, 0) is 9.59 Å². The second-order valence-corrected chi connectivity index (χ2v) is 8.91. The van der Waals surface area contributed by atoms with Crippen molar-refractivity contribution >= 4 is 23.6 Å². The molecule has 0 unspecified atom stereocenters. The van der Waals surface area contributed by atoms with Gasteiger partial charge in [-0.3, -0.25) is 24.1 Å². The third-order valence-corrected chi connectivity index (χ3v) is 5.32. The Morgan fingerprint density at radius 2 is 1.34 bits per heavy atom. The topological polar surface area (TPSA) is 78.0 Å². The van der Waals surface area contributed by atoms with Gasteiger partial charge < -0.3 is 9.80 Å². The maximum atomic E-state index is 12.5. The van der Waals surface area contributed by atoms with Gasteiger partial charge in [-0.2, -0.15) is 0 Å². The van der Waals surface area contributed by atoms with E-state index in [2.05, 4.69) is 0 Å². The van der Waals surface area contributed by atoms with Crippen molar-refractivity contribution in [2.24, 2.45) is 5.41 Å². The lowest BCUT2D eigenvalue weighted by molar-refractivity contribution is -0.140. The van der Waals surface area contributed by atoms with E-state index in [9.17, 15) is 19.2 Å². The van der Waals surface area contributed by atoms with Gasteiger partial charge in [0.15, 0.2) is 0 Å². The summed E-state index contributed by atoms with van der Waals surface area (Å²) in [6, 6.07) is 6.79. The van der Waals surface area contributed by atoms with Gasteiger partial charge in [0.25, 0.3) is 11.8 Å². The third kappa shape index (κ3) is 4.83. The zero-order valence-electron chi connectivity index (χ0n) is 17.4. The Kier molecular flexibility index (Phi) is 6.05. The summed E-state index contributed by atoms with van der Waals surface area (Å²) in [7, 11) is 0. The Morgan fingerprint density at radius 3 is 1.83 bits per heavy atom. The van der Waals surface area contributed by atoms with Crippen LogP contribution < -0.4 is 0 Å². The van der Waals surface area contributed by atoms with Crippen molar-refractivity contribution in [1.29, 1.82) is 0 Å². The predicted molar refractivity (Wildman–Crippen MR) is 108 cm³/mol. The highest BCUT2D eigenvalue weighted by Crippen LogP contribution is 2.23. The van der Waals surface area contributed by atoms with Crippen LogP contribution in [0.15, 0.2) is 24.3 Å². The van der Waals surface area contributed by atoms with Crippen LogP contribution in [-0.4, -0.2) is 71.1 Å². The maximum Gasteiger partial charge on any atom is 0.261 e. The lowest BCUT2D eigenvalue weighted by Crippen LogP contribution is -2.51. The van der Waals surface area contributed by atoms with Crippen LogP contribution >= 0.6 is 0 Å². The van der Waals surface area contributed by atoms with E-state index in [0.29, 0.717) is 50.1 Å². The molecule has 1 fully saturated rings. The minimum atomic E-state index is -0.288. The van der Waals surface area contributed by atoms with E-state index in [1.807, 2.05) is 25.7 Å². The van der Waals surface area contributed by atoms with Crippen LogP contribution in [0.1, 0.15) is 60.7 Å². The number of benzene rings is 1. The van der Waals surface area contributed by atoms with Crippen molar-refractivity contribution in [3.05, 3.63) is 35.4 Å². The zero-order chi connectivity index (χ0) is 21.2. The quantitative estimate of drug-likeness (QED) is 0.711. The Labute approximate surface area is 171 Å². The molecule has 0 spiro atoms. The molecule has 0 atom stereocenters. The molecule has 3 rings (SSSR count). The fourth-order valence-corrected chi connectivity index (χ4v) is 3.76. The number of piperazine rings is 1. The summed E-state index contributed by atoms with van der Waals surface area (Å²) in [6.45, 7) is 8.53. The Bertz CT molecular complexity index is 785. The molecule has 0 radical (unpaired) electrons. The SMILES string of the molecule is CC(C)(C)CC(=O)N1CCN(C(=O)CCCN2C(=O)c3ccccc3C2=O)CC1. The minimum absolute atomic E-state index is 0.00419. The van der Waals surface area contributed by atoms with Crippen molar-refractivity contribution in [2.75, 3.05) is 32.7 Å². The number of amides is 4. The molecule has 156 valence electrons. The lowest BCUT2D eigenvalue weighted by atomic mass is 9.91. The molecule has 1 aromatic carbocycles. The Balaban J connectivity index is 1.43. The average Bonchev–Trinajstić information content (AvgIpc) is 2.92. The molecular weight excluding hydrogens is 370 g/mol. The van der Waals surface area contributed by atoms with Crippen LogP contribution in [0.3, 0.4) is 0 Å². The van der Waals surface area contributed by atoms with Gasteiger partial charge in [0.2, 0.25) is 11.8 Å². The normalized spacial score (nSPS) is 17.0. The zero-order valence-corrected chi connectivity index (χ0v) is 17.4. The van der Waals surface area contributed by atoms with E-state index in [1.54, 1.807) is 29.2 Å². The van der Waals surface area contributed by atoms with E-state index in [1.165, 1.54) is 4.90 Å². The number of nitrogens with zero attached hydrogens (tertiary/aromatic N) is 3. The van der Waals surface area contributed by atoms with Gasteiger partial charge in [-0.1, -0.05) is 32.9 Å². The molecule has 2 aliphatic heterocycles. The molecule has 2 heterocycles. The van der Waals surface area contributed by atoms with Crippen molar-refractivity contribution in [1.82, 2.24) is 14.7 Å². The molecule has 0 saturated carbocycles. The van der Waals surface area contributed by atoms with Crippen molar-refractivity contribution < 1.29 is 19.2 Å². The molecule has 2 aliphatic rings. The summed E-state index contributed by atoms with van der Waals surface area (Å²) in [5.41, 5.74) is 0.813. The first kappa shape index (κ1) is 21.0. The molecule has 0 bridgehead atoms. The number of fused-ring (bicyclic) bond motifs is 1. The molecular formula is C22H29N3O4. The van der Waals surface area contributed by atoms with E-state index in [4.69, 9.17) is 0 Å². The van der Waals surface area contributed by atoms with Gasteiger partial charge in [0.05, 0.1) is 11.1 Å². The van der Waals surface area contributed by atoms with Gasteiger partial charge in [0.1, 0.15) is 0 Å². The first-order chi connectivity index (χ1) is 13.7. The largest absolute Gasteiger partial charge is 0.339 e. The van der Waals surface area contributed by atoms with Crippen LogP contribution in [0.2, 0.25) is 0 Å². The number of rotatable bonds is 5. The average molecular weight is 399 g/mol. The fourth-order valence-electron chi connectivity index (χ4n) is 3.76. The van der Waals surface area contributed by atoms with E-state index in [0.717, 1.165) is 0 Å². The minimum Gasteiger partial charge on any atom is -0.339 e. The molecule has 1 aromatic rings. The van der Waals surface area contributed by atoms with Gasteiger partial charge in [-0.05, 0) is 24.0 Å². The summed E-state index contributed by atoms with van der Waals surface area (Å²) >= 11 is 0. The number of carbonyl (C=O) groups is 4. The number of carbonyl (C=O) groups excluding carboxylic acids is 4. The van der Waals surface area contributed by atoms with Gasteiger partial charge in [0, 0.05) is 45.6 Å². The highest BCUT2D eigenvalue weighted by atomic mass is 16.2. The van der Waals surface area contributed by atoms with Crippen molar-refractivity contribution in [3.8, 4) is 0 Å². The van der Waals surface area contributed by atoms with Crippen LogP contribution in [0.25, 0.3) is 0 Å². The monoisotopic (exact) mass is 399 g/mol. The predicted octanol–water partition coefficient (Wildman–Crippen LogP) is 2.17. The molecule has 4 amide bonds. The standard InChI is InChI=1S/C22H29N3O4/c1-22(2,3)15-19(27)24-13-11-23(12-14-24)18(26)9-6-10-25-20(28)16-7-4-5-8-17(16)21(25)29/h4-5,7-8H,6,9-15H2,1-3H3. The summed E-state index contributed by atoms with van der Waals surface area (Å²) in [5.74, 6) is -0.437. The van der Waals surface area contributed by atoms with Gasteiger partial charge in [-0.15, -0.1) is 0 Å². The Morgan fingerprint density at radius 1 is 0.862 bits per heavy atom. The van der Waals surface area contributed by atoms with E-state index >= 15 is 0 Å². The number of hydrogen-bond acceptors (Lipinski definition) is 4. The fraction of sp³-hybridized carbons (Fsp3) is 0.545. The van der Waals surface area contributed by atoms with E-state index in [-0.39, 0.29) is 42.0 Å². The van der Waals surface area contributed by atoms with Crippen molar-refractivity contribution in [3.63, 3.8) is 0 Å². The summed E-state index contributed by atoms with van der Waals surface area (Å²) in [6.07, 6.45) is 1.22. The smallest absolute Gasteiger partial charge is 0.261 e. The molecule has 0 aromatic heterocycles. The summed E-state index contributed by atoms with van der Waals surface area (Å²) < 4.78 is 0. The number of imide groups is 1. The Hall–Kier alpha value is -2.70. The molecule has 1 saturated heterocycles. The number of hydrogen-bond donors (Lipinski definition) is 0. The summed E-state index contributed by atoms with van der Waals surface area (Å²) in [5, 5.41) is 0. The van der Waals surface area contributed by atoms with Crippen molar-refractivity contribution in [2.45, 2.75) is 40.0 Å². The van der Waals surface area contributed by atoms with Gasteiger partial charge >= 0.3 is 0 Å². The second-order valence-electron chi connectivity index (χ2n) is 8.91.